The number of anilines is 1. The van der Waals surface area contributed by atoms with Crippen LogP contribution in [0.5, 0.6) is 0 Å². The second-order valence-electron chi connectivity index (χ2n) is 6.12. The third-order valence-electron chi connectivity index (χ3n) is 4.04. The van der Waals surface area contributed by atoms with E-state index in [1.807, 2.05) is 0 Å². The fourth-order valence-electron chi connectivity index (χ4n) is 2.65. The Bertz CT molecular complexity index is 700. The fraction of sp³-hybridized carbons (Fsp3) is 0.600. The molecule has 2 aromatic heterocycles. The van der Waals surface area contributed by atoms with E-state index in [9.17, 15) is 0 Å². The Morgan fingerprint density at radius 2 is 2.23 bits per heavy atom. The van der Waals surface area contributed by atoms with Gasteiger partial charge in [0.05, 0.1) is 17.6 Å². The predicted molar refractivity (Wildman–Crippen MR) is 93.4 cm³/mol. The smallest absolute Gasteiger partial charge is 0.191 e. The maximum absolute atomic E-state index is 6.04. The van der Waals surface area contributed by atoms with E-state index in [1.165, 1.54) is 10.4 Å². The third kappa shape index (κ3) is 2.82. The molecule has 0 spiro atoms. The van der Waals surface area contributed by atoms with Gasteiger partial charge in [-0.1, -0.05) is 32.5 Å². The Morgan fingerprint density at radius 1 is 1.45 bits per heavy atom. The molecule has 3 rings (SSSR count). The van der Waals surface area contributed by atoms with Gasteiger partial charge >= 0.3 is 0 Å². The topological polar surface area (TPSA) is 73.1 Å². The number of nitrogen functional groups attached to an aromatic ring is 1. The van der Waals surface area contributed by atoms with Crippen LogP contribution >= 0.6 is 23.1 Å². The molecule has 3 heterocycles. The van der Waals surface area contributed by atoms with Crippen molar-refractivity contribution in [2.24, 2.45) is 5.84 Å². The van der Waals surface area contributed by atoms with Crippen LogP contribution in [0.4, 0.5) is 5.82 Å². The number of aromatic nitrogens is 2. The van der Waals surface area contributed by atoms with Crippen molar-refractivity contribution < 1.29 is 4.74 Å². The van der Waals surface area contributed by atoms with Crippen molar-refractivity contribution in [3.63, 3.8) is 0 Å². The van der Waals surface area contributed by atoms with E-state index >= 15 is 0 Å². The molecule has 0 amide bonds. The van der Waals surface area contributed by atoms with Crippen molar-refractivity contribution in [3.8, 4) is 0 Å². The quantitative estimate of drug-likeness (QED) is 0.383. The summed E-state index contributed by atoms with van der Waals surface area (Å²) in [6.07, 6.45) is 1.87. The Morgan fingerprint density at radius 3 is 2.86 bits per heavy atom. The zero-order valence-corrected chi connectivity index (χ0v) is 15.0. The van der Waals surface area contributed by atoms with Gasteiger partial charge < -0.3 is 10.2 Å². The van der Waals surface area contributed by atoms with Gasteiger partial charge in [-0.05, 0) is 18.9 Å². The van der Waals surface area contributed by atoms with Crippen molar-refractivity contribution in [1.29, 1.82) is 0 Å². The minimum absolute atomic E-state index is 0.113. The first-order chi connectivity index (χ1) is 10.5. The number of fused-ring (bicyclic) bond motifs is 3. The molecule has 1 aliphatic heterocycles. The summed E-state index contributed by atoms with van der Waals surface area (Å²) in [4.78, 5) is 11.6. The van der Waals surface area contributed by atoms with Crippen molar-refractivity contribution in [2.45, 2.75) is 63.2 Å². The molecule has 7 heteroatoms. The Labute approximate surface area is 139 Å². The number of nitrogens with one attached hydrogen (secondary N) is 1. The van der Waals surface area contributed by atoms with Gasteiger partial charge in [-0.15, -0.1) is 11.3 Å². The monoisotopic (exact) mass is 338 g/mol. The van der Waals surface area contributed by atoms with E-state index in [4.69, 9.17) is 15.6 Å². The van der Waals surface area contributed by atoms with Crippen LogP contribution in [-0.4, -0.2) is 20.8 Å². The molecule has 5 nitrogen and oxygen atoms in total. The number of rotatable bonds is 4. The first-order valence-corrected chi connectivity index (χ1v) is 9.25. The Kier molecular flexibility index (Phi) is 4.33. The number of thioether (sulfide) groups is 1. The number of thiophene rings is 1. The van der Waals surface area contributed by atoms with E-state index in [2.05, 4.69) is 38.1 Å². The maximum atomic E-state index is 6.04. The molecule has 1 unspecified atom stereocenters. The molecular formula is C15H22N4OS2. The van der Waals surface area contributed by atoms with E-state index in [0.717, 1.165) is 34.0 Å². The van der Waals surface area contributed by atoms with E-state index < -0.39 is 0 Å². The molecule has 0 aliphatic carbocycles. The predicted octanol–water partition coefficient (Wildman–Crippen LogP) is 3.72. The number of nitrogens with zero attached hydrogens (tertiary/aromatic N) is 2. The lowest BCUT2D eigenvalue weighted by Crippen LogP contribution is -2.34. The molecule has 0 saturated heterocycles. The molecule has 0 saturated carbocycles. The first-order valence-electron chi connectivity index (χ1n) is 7.55. The molecule has 0 bridgehead atoms. The Hall–Kier alpha value is -0.890. The second-order valence-corrected chi connectivity index (χ2v) is 8.75. The summed E-state index contributed by atoms with van der Waals surface area (Å²) < 4.78 is 6.04. The van der Waals surface area contributed by atoms with Gasteiger partial charge in [0.2, 0.25) is 0 Å². The SMILES string of the molecule is CCC1(C)Cc2c(sc3nc(SC(C)C)nc(NN)c23)CO1. The standard InChI is InChI=1S/C15H22N4OS2/c1-5-15(4)6-9-10(7-20-15)22-13-11(9)12(19-16)17-14(18-13)21-8(2)3/h8H,5-7,16H2,1-4H3,(H,17,18,19). The van der Waals surface area contributed by atoms with Crippen LogP contribution in [0.15, 0.2) is 5.16 Å². The number of hydrogen-bond acceptors (Lipinski definition) is 7. The molecule has 0 aromatic carbocycles. The van der Waals surface area contributed by atoms with Crippen LogP contribution in [0.1, 0.15) is 44.6 Å². The lowest BCUT2D eigenvalue weighted by molar-refractivity contribution is -0.0542. The van der Waals surface area contributed by atoms with Crippen molar-refractivity contribution in [3.05, 3.63) is 10.4 Å². The molecule has 3 N–H and O–H groups in total. The minimum Gasteiger partial charge on any atom is -0.369 e. The molecular weight excluding hydrogens is 316 g/mol. The average Bonchev–Trinajstić information content (AvgIpc) is 2.83. The van der Waals surface area contributed by atoms with E-state index in [-0.39, 0.29) is 5.60 Å². The zero-order valence-electron chi connectivity index (χ0n) is 13.4. The first kappa shape index (κ1) is 16.0. The van der Waals surface area contributed by atoms with E-state index in [0.29, 0.717) is 11.9 Å². The van der Waals surface area contributed by atoms with Gasteiger partial charge in [-0.3, -0.25) is 0 Å². The highest BCUT2D eigenvalue weighted by atomic mass is 32.2. The number of nitrogens with two attached hydrogens (primary N) is 1. The number of hydrogen-bond donors (Lipinski definition) is 2. The number of ether oxygens (including phenoxy) is 1. The van der Waals surface area contributed by atoms with Gasteiger partial charge in [0.25, 0.3) is 0 Å². The summed E-state index contributed by atoms with van der Waals surface area (Å²) in [6.45, 7) is 9.24. The minimum atomic E-state index is -0.113. The largest absolute Gasteiger partial charge is 0.369 e. The number of hydrazine groups is 1. The molecule has 0 fully saturated rings. The molecule has 120 valence electrons. The lowest BCUT2D eigenvalue weighted by Gasteiger charge is -2.33. The third-order valence-corrected chi connectivity index (χ3v) is 6.01. The second kappa shape index (κ2) is 5.96. The normalized spacial score (nSPS) is 21.4. The summed E-state index contributed by atoms with van der Waals surface area (Å²) in [6, 6.07) is 0. The van der Waals surface area contributed by atoms with Crippen LogP contribution in [-0.2, 0) is 17.8 Å². The summed E-state index contributed by atoms with van der Waals surface area (Å²) in [5.74, 6) is 6.46. The van der Waals surface area contributed by atoms with Gasteiger partial charge in [0.15, 0.2) is 11.0 Å². The molecule has 2 aromatic rings. The van der Waals surface area contributed by atoms with Crippen LogP contribution < -0.4 is 11.3 Å². The lowest BCUT2D eigenvalue weighted by atomic mass is 9.90. The van der Waals surface area contributed by atoms with Crippen LogP contribution in [0.2, 0.25) is 0 Å². The van der Waals surface area contributed by atoms with Gasteiger partial charge in [0, 0.05) is 16.5 Å². The van der Waals surface area contributed by atoms with Crippen molar-refractivity contribution in [1.82, 2.24) is 9.97 Å². The highest BCUT2D eigenvalue weighted by Crippen LogP contribution is 2.42. The molecule has 1 atom stereocenters. The van der Waals surface area contributed by atoms with Crippen molar-refractivity contribution in [2.75, 3.05) is 5.43 Å². The average molecular weight is 339 g/mol. The summed E-state index contributed by atoms with van der Waals surface area (Å²) >= 11 is 3.35. The fourth-order valence-corrected chi connectivity index (χ4v) is 4.52. The summed E-state index contributed by atoms with van der Waals surface area (Å²) in [5.41, 5.74) is 3.95. The van der Waals surface area contributed by atoms with Gasteiger partial charge in [0.1, 0.15) is 4.83 Å². The van der Waals surface area contributed by atoms with Crippen molar-refractivity contribution >= 4 is 39.1 Å². The zero-order chi connectivity index (χ0) is 15.9. The summed E-state index contributed by atoms with van der Waals surface area (Å²) in [7, 11) is 0. The van der Waals surface area contributed by atoms with Crippen LogP contribution in [0.25, 0.3) is 10.2 Å². The highest BCUT2D eigenvalue weighted by Gasteiger charge is 2.33. The molecule has 0 radical (unpaired) electrons. The molecule has 22 heavy (non-hydrogen) atoms. The maximum Gasteiger partial charge on any atom is 0.191 e. The van der Waals surface area contributed by atoms with Crippen LogP contribution in [0.3, 0.4) is 0 Å². The van der Waals surface area contributed by atoms with Crippen LogP contribution in [0, 0.1) is 0 Å². The van der Waals surface area contributed by atoms with Gasteiger partial charge in [-0.25, -0.2) is 15.8 Å². The van der Waals surface area contributed by atoms with Gasteiger partial charge in [-0.2, -0.15) is 0 Å². The summed E-state index contributed by atoms with van der Waals surface area (Å²) in [5, 5.41) is 2.27. The Balaban J connectivity index is 2.13. The molecule has 1 aliphatic rings. The van der Waals surface area contributed by atoms with E-state index in [1.54, 1.807) is 23.1 Å². The highest BCUT2D eigenvalue weighted by molar-refractivity contribution is 7.99.